The van der Waals surface area contributed by atoms with E-state index in [1.54, 1.807) is 18.4 Å². The Morgan fingerprint density at radius 3 is 2.42 bits per heavy atom. The minimum Gasteiger partial charge on any atom is -0.497 e. The van der Waals surface area contributed by atoms with Gasteiger partial charge in [-0.3, -0.25) is 9.79 Å². The third kappa shape index (κ3) is 6.21. The number of thiophene rings is 1. The van der Waals surface area contributed by atoms with Gasteiger partial charge in [-0.15, -0.1) is 11.3 Å². The van der Waals surface area contributed by atoms with E-state index >= 15 is 0 Å². The van der Waals surface area contributed by atoms with Gasteiger partial charge in [-0.25, -0.2) is 0 Å². The van der Waals surface area contributed by atoms with Crippen LogP contribution in [0.15, 0.2) is 71.7 Å². The van der Waals surface area contributed by atoms with Gasteiger partial charge in [0.05, 0.1) is 7.11 Å². The molecule has 1 heterocycles. The molecular weight excluding hydrogens is 466 g/mol. The summed E-state index contributed by atoms with van der Waals surface area (Å²) in [7, 11) is 1.65. The molecule has 1 aromatic heterocycles. The number of aliphatic imine (C=N–C) groups is 1. The van der Waals surface area contributed by atoms with Crippen molar-refractivity contribution in [1.29, 1.82) is 0 Å². The van der Waals surface area contributed by atoms with Gasteiger partial charge in [0.15, 0.2) is 5.78 Å². The molecule has 0 N–H and O–H groups in total. The van der Waals surface area contributed by atoms with Crippen molar-refractivity contribution in [1.82, 2.24) is 0 Å². The highest BCUT2D eigenvalue weighted by molar-refractivity contribution is 7.22. The Kier molecular flexibility index (Phi) is 8.90. The number of benzene rings is 3. The van der Waals surface area contributed by atoms with Gasteiger partial charge < -0.3 is 9.47 Å². The zero-order valence-electron chi connectivity index (χ0n) is 21.3. The summed E-state index contributed by atoms with van der Waals surface area (Å²) in [5.41, 5.74) is 3.56. The number of ether oxygens (including phenoxy) is 2. The summed E-state index contributed by atoms with van der Waals surface area (Å²) in [5, 5.41) is 0.983. The van der Waals surface area contributed by atoms with E-state index in [1.165, 1.54) is 24.8 Å². The van der Waals surface area contributed by atoms with Gasteiger partial charge in [-0.05, 0) is 79.1 Å². The number of rotatable bonds is 12. The maximum Gasteiger partial charge on any atom is 0.195 e. The fourth-order valence-electron chi connectivity index (χ4n) is 4.13. The van der Waals surface area contributed by atoms with Gasteiger partial charge in [0.25, 0.3) is 0 Å². The summed E-state index contributed by atoms with van der Waals surface area (Å²) in [6.45, 7) is 5.56. The number of hydrogen-bond donors (Lipinski definition) is 0. The van der Waals surface area contributed by atoms with E-state index in [9.17, 15) is 4.79 Å². The predicted molar refractivity (Wildman–Crippen MR) is 151 cm³/mol. The molecule has 0 aliphatic carbocycles. The number of ketones is 1. The van der Waals surface area contributed by atoms with Gasteiger partial charge in [0.2, 0.25) is 0 Å². The lowest BCUT2D eigenvalue weighted by atomic mass is 9.97. The van der Waals surface area contributed by atoms with Crippen molar-refractivity contribution in [2.75, 3.05) is 20.3 Å². The number of carbonyl (C=O) groups is 1. The van der Waals surface area contributed by atoms with Crippen LogP contribution in [0.5, 0.6) is 11.5 Å². The van der Waals surface area contributed by atoms with Gasteiger partial charge >= 0.3 is 0 Å². The summed E-state index contributed by atoms with van der Waals surface area (Å²) >= 11 is 1.65. The molecule has 186 valence electrons. The lowest BCUT2D eigenvalue weighted by Crippen LogP contribution is -2.03. The summed E-state index contributed by atoms with van der Waals surface area (Å²) in [6, 6.07) is 21.5. The maximum absolute atomic E-state index is 13.8. The number of methoxy groups -OCH3 is 1. The molecular formula is C31H33NO3S. The molecule has 4 aromatic rings. The Morgan fingerprint density at radius 2 is 1.69 bits per heavy atom. The molecule has 36 heavy (non-hydrogen) atoms. The number of nitrogens with zero attached hydrogens (tertiary/aromatic N) is 1. The second kappa shape index (κ2) is 12.5. The SMILES string of the molecule is CCCCCCN=CCOc1ccc(C(=O)c2c(-c3ccc(OC)cc3)sc3cc(C)ccc23)cc1. The standard InChI is InChI=1S/C31H33NO3S/c1-4-5-6-7-18-32-19-20-35-26-15-9-23(10-16-26)30(33)29-27-17-8-22(2)21-28(27)36-31(29)24-11-13-25(34-3)14-12-24/h8-17,19,21H,4-7,18,20H2,1-3H3. The monoisotopic (exact) mass is 499 g/mol. The lowest BCUT2D eigenvalue weighted by Gasteiger charge is -2.08. The van der Waals surface area contributed by atoms with Gasteiger partial charge in [-0.2, -0.15) is 0 Å². The van der Waals surface area contributed by atoms with Crippen molar-refractivity contribution in [3.63, 3.8) is 0 Å². The molecule has 0 saturated heterocycles. The van der Waals surface area contributed by atoms with E-state index < -0.39 is 0 Å². The molecule has 0 fully saturated rings. The summed E-state index contributed by atoms with van der Waals surface area (Å²) < 4.78 is 12.2. The zero-order valence-corrected chi connectivity index (χ0v) is 22.1. The Hall–Kier alpha value is -3.44. The van der Waals surface area contributed by atoms with Crippen molar-refractivity contribution in [3.05, 3.63) is 83.4 Å². The molecule has 3 aromatic carbocycles. The van der Waals surface area contributed by atoms with Crippen molar-refractivity contribution < 1.29 is 14.3 Å². The van der Waals surface area contributed by atoms with E-state index in [2.05, 4.69) is 37.0 Å². The largest absolute Gasteiger partial charge is 0.497 e. The highest BCUT2D eigenvalue weighted by Crippen LogP contribution is 2.40. The Balaban J connectivity index is 1.52. The maximum atomic E-state index is 13.8. The first-order chi connectivity index (χ1) is 17.6. The third-order valence-corrected chi connectivity index (χ3v) is 7.34. The van der Waals surface area contributed by atoms with E-state index in [4.69, 9.17) is 9.47 Å². The van der Waals surface area contributed by atoms with Crippen molar-refractivity contribution in [3.8, 4) is 21.9 Å². The van der Waals surface area contributed by atoms with Crippen LogP contribution < -0.4 is 9.47 Å². The number of unbranched alkanes of at least 4 members (excludes halogenated alkanes) is 3. The first kappa shape index (κ1) is 25.6. The lowest BCUT2D eigenvalue weighted by molar-refractivity contribution is 0.104. The number of aryl methyl sites for hydroxylation is 1. The molecule has 4 nitrogen and oxygen atoms in total. The van der Waals surface area contributed by atoms with Crippen LogP contribution >= 0.6 is 11.3 Å². The van der Waals surface area contributed by atoms with Gasteiger partial charge in [0, 0.05) is 38.8 Å². The highest BCUT2D eigenvalue weighted by atomic mass is 32.1. The first-order valence-corrected chi connectivity index (χ1v) is 13.4. The van der Waals surface area contributed by atoms with Crippen LogP contribution in [0.25, 0.3) is 20.5 Å². The van der Waals surface area contributed by atoms with E-state index in [1.807, 2.05) is 54.7 Å². The summed E-state index contributed by atoms with van der Waals surface area (Å²) in [4.78, 5) is 19.1. The molecule has 0 radical (unpaired) electrons. The quantitative estimate of drug-likeness (QED) is 0.112. The smallest absolute Gasteiger partial charge is 0.195 e. The topological polar surface area (TPSA) is 47.9 Å². The Labute approximate surface area is 217 Å². The third-order valence-electron chi connectivity index (χ3n) is 6.14. The Bertz CT molecular complexity index is 1320. The van der Waals surface area contributed by atoms with E-state index in [-0.39, 0.29) is 5.78 Å². The van der Waals surface area contributed by atoms with Crippen LogP contribution in [-0.2, 0) is 0 Å². The van der Waals surface area contributed by atoms with Crippen LogP contribution in [-0.4, -0.2) is 32.3 Å². The van der Waals surface area contributed by atoms with Crippen LogP contribution in [0.4, 0.5) is 0 Å². The van der Waals surface area contributed by atoms with Crippen LogP contribution in [0.2, 0.25) is 0 Å². The average Bonchev–Trinajstić information content (AvgIpc) is 3.28. The van der Waals surface area contributed by atoms with Gasteiger partial charge in [0.1, 0.15) is 18.1 Å². The molecule has 0 unspecified atom stereocenters. The molecule has 5 heteroatoms. The molecule has 0 aliphatic heterocycles. The van der Waals surface area contributed by atoms with Crippen molar-refractivity contribution >= 4 is 33.4 Å². The second-order valence-electron chi connectivity index (χ2n) is 8.85. The molecule has 4 rings (SSSR count). The van der Waals surface area contributed by atoms with Crippen molar-refractivity contribution in [2.24, 2.45) is 4.99 Å². The second-order valence-corrected chi connectivity index (χ2v) is 9.90. The van der Waals surface area contributed by atoms with Gasteiger partial charge in [-0.1, -0.05) is 38.3 Å². The van der Waals surface area contributed by atoms with E-state index in [0.29, 0.717) is 12.2 Å². The number of carbonyl (C=O) groups excluding carboxylic acids is 1. The zero-order chi connectivity index (χ0) is 25.3. The molecule has 0 saturated carbocycles. The fourth-order valence-corrected chi connectivity index (χ4v) is 5.43. The number of hydrogen-bond acceptors (Lipinski definition) is 5. The summed E-state index contributed by atoms with van der Waals surface area (Å²) in [6.07, 6.45) is 6.67. The molecule has 0 aliphatic rings. The van der Waals surface area contributed by atoms with E-state index in [0.717, 1.165) is 50.6 Å². The van der Waals surface area contributed by atoms with Crippen LogP contribution in [0, 0.1) is 6.92 Å². The molecule has 0 bridgehead atoms. The first-order valence-electron chi connectivity index (χ1n) is 12.5. The van der Waals surface area contributed by atoms with Crippen molar-refractivity contribution in [2.45, 2.75) is 39.5 Å². The Morgan fingerprint density at radius 1 is 0.944 bits per heavy atom. The molecule has 0 spiro atoms. The molecule has 0 atom stereocenters. The normalized spacial score (nSPS) is 11.3. The number of fused-ring (bicyclic) bond motifs is 1. The minimum atomic E-state index is 0.0103. The molecule has 0 amide bonds. The summed E-state index contributed by atoms with van der Waals surface area (Å²) in [5.74, 6) is 1.53. The van der Waals surface area contributed by atoms with Crippen LogP contribution in [0.3, 0.4) is 0 Å². The fraction of sp³-hybridized carbons (Fsp3) is 0.290. The average molecular weight is 500 g/mol. The highest BCUT2D eigenvalue weighted by Gasteiger charge is 2.21. The van der Waals surface area contributed by atoms with Crippen LogP contribution in [0.1, 0.15) is 54.1 Å². The minimum absolute atomic E-state index is 0.0103. The predicted octanol–water partition coefficient (Wildman–Crippen LogP) is 8.15.